The standard InChI is InChI=1S/C42H33N5O/c1-3-5-6-28(4-2)29-8-12-31(13-9-29)41(44)46-42(45)32-14-10-30(11-15-32)33-16-19-39-36(24-33)37-25-35(17-20-40(37)48-39)47-22-21-34-23-27(26-43)7-18-38(34)47/h4-25H,3H2,1-2H3,(H3,44,45,46)/b6-5-,28-4+. The minimum Gasteiger partial charge on any atom is -0.456 e. The second-order valence-electron chi connectivity index (χ2n) is 11.6. The lowest BCUT2D eigenvalue weighted by atomic mass is 10.0. The number of rotatable bonds is 7. The molecule has 0 amide bonds. The first-order valence-corrected chi connectivity index (χ1v) is 15.9. The van der Waals surface area contributed by atoms with Crippen molar-refractivity contribution >= 4 is 50.1 Å². The van der Waals surface area contributed by atoms with Crippen molar-refractivity contribution in [2.45, 2.75) is 20.3 Å². The second kappa shape index (κ2) is 12.7. The molecule has 6 nitrogen and oxygen atoms in total. The highest BCUT2D eigenvalue weighted by Crippen LogP contribution is 2.34. The largest absolute Gasteiger partial charge is 0.456 e. The lowest BCUT2D eigenvalue weighted by molar-refractivity contribution is 0.669. The lowest BCUT2D eigenvalue weighted by Crippen LogP contribution is -2.16. The number of furan rings is 1. The topological polar surface area (TPSA) is 104 Å². The summed E-state index contributed by atoms with van der Waals surface area (Å²) < 4.78 is 8.32. The number of nitriles is 1. The Morgan fingerprint density at radius 2 is 1.52 bits per heavy atom. The number of allylic oxidation sites excluding steroid dienone is 4. The highest BCUT2D eigenvalue weighted by Gasteiger charge is 2.12. The number of aliphatic imine (C=N–C) groups is 1. The summed E-state index contributed by atoms with van der Waals surface area (Å²) in [6.07, 6.45) is 9.36. The van der Waals surface area contributed by atoms with E-state index in [-0.39, 0.29) is 5.84 Å². The molecule has 0 aliphatic heterocycles. The number of nitrogens with zero attached hydrogens (tertiary/aromatic N) is 3. The molecule has 0 aliphatic carbocycles. The van der Waals surface area contributed by atoms with Crippen molar-refractivity contribution in [1.29, 1.82) is 10.7 Å². The van der Waals surface area contributed by atoms with Gasteiger partial charge in [0.15, 0.2) is 5.84 Å². The van der Waals surface area contributed by atoms with Crippen LogP contribution in [0.4, 0.5) is 0 Å². The zero-order valence-electron chi connectivity index (χ0n) is 26.7. The first-order chi connectivity index (χ1) is 23.4. The summed E-state index contributed by atoms with van der Waals surface area (Å²) in [4.78, 5) is 4.41. The summed E-state index contributed by atoms with van der Waals surface area (Å²) in [6.45, 7) is 4.14. The number of hydrogen-bond acceptors (Lipinski definition) is 3. The van der Waals surface area contributed by atoms with E-state index in [4.69, 9.17) is 15.6 Å². The third-order valence-corrected chi connectivity index (χ3v) is 8.63. The first kappa shape index (κ1) is 30.2. The van der Waals surface area contributed by atoms with E-state index in [1.807, 2.05) is 104 Å². The number of aromatic nitrogens is 1. The molecular weight excluding hydrogens is 590 g/mol. The average Bonchev–Trinajstić information content (AvgIpc) is 3.72. The van der Waals surface area contributed by atoms with Crippen LogP contribution in [-0.4, -0.2) is 16.2 Å². The van der Waals surface area contributed by atoms with Gasteiger partial charge in [-0.05, 0) is 90.2 Å². The van der Waals surface area contributed by atoms with Crippen molar-refractivity contribution in [3.05, 3.63) is 156 Å². The van der Waals surface area contributed by atoms with Crippen LogP contribution in [-0.2, 0) is 0 Å². The SMILES string of the molecule is C/C=C(\C=C/CC)c1ccc(C(N)=NC(=N)c2ccc(-c3ccc4oc5ccc(-n6ccc7cc(C#N)ccc76)cc5c4c3)cc2)cc1. The van der Waals surface area contributed by atoms with E-state index in [9.17, 15) is 5.26 Å². The average molecular weight is 624 g/mol. The van der Waals surface area contributed by atoms with Crippen molar-refractivity contribution in [1.82, 2.24) is 4.57 Å². The molecule has 2 heterocycles. The van der Waals surface area contributed by atoms with Crippen molar-refractivity contribution in [3.8, 4) is 22.9 Å². The Bertz CT molecular complexity index is 2470. The number of nitrogens with two attached hydrogens (primary N) is 1. The molecule has 2 aromatic heterocycles. The fraction of sp³-hybridized carbons (Fsp3) is 0.0714. The van der Waals surface area contributed by atoms with E-state index in [0.29, 0.717) is 17.0 Å². The highest BCUT2D eigenvalue weighted by atomic mass is 16.3. The van der Waals surface area contributed by atoms with E-state index in [0.717, 1.165) is 72.8 Å². The molecule has 0 unspecified atom stereocenters. The van der Waals surface area contributed by atoms with Gasteiger partial charge in [0.05, 0.1) is 17.1 Å². The summed E-state index contributed by atoms with van der Waals surface area (Å²) in [6, 6.07) is 38.1. The Labute approximate surface area is 278 Å². The van der Waals surface area contributed by atoms with Crippen LogP contribution in [0.1, 0.15) is 42.5 Å². The van der Waals surface area contributed by atoms with Gasteiger partial charge in [0.2, 0.25) is 0 Å². The van der Waals surface area contributed by atoms with Gasteiger partial charge in [-0.3, -0.25) is 5.41 Å². The smallest absolute Gasteiger partial charge is 0.154 e. The van der Waals surface area contributed by atoms with Gasteiger partial charge in [-0.25, -0.2) is 4.99 Å². The maximum Gasteiger partial charge on any atom is 0.154 e. The van der Waals surface area contributed by atoms with E-state index in [1.54, 1.807) is 0 Å². The van der Waals surface area contributed by atoms with Gasteiger partial charge < -0.3 is 14.7 Å². The molecule has 7 rings (SSSR count). The van der Waals surface area contributed by atoms with E-state index >= 15 is 0 Å². The van der Waals surface area contributed by atoms with Crippen molar-refractivity contribution in [3.63, 3.8) is 0 Å². The Kier molecular flexibility index (Phi) is 8.02. The fourth-order valence-electron chi connectivity index (χ4n) is 6.04. The van der Waals surface area contributed by atoms with Crippen LogP contribution in [0.2, 0.25) is 0 Å². The summed E-state index contributed by atoms with van der Waals surface area (Å²) in [5, 5.41) is 21.0. The van der Waals surface area contributed by atoms with Crippen LogP contribution < -0.4 is 5.73 Å². The molecule has 7 aromatic rings. The van der Waals surface area contributed by atoms with E-state index in [2.05, 4.69) is 59.0 Å². The zero-order chi connectivity index (χ0) is 33.2. The number of nitrogens with one attached hydrogen (secondary N) is 1. The van der Waals surface area contributed by atoms with E-state index < -0.39 is 0 Å². The molecule has 0 saturated heterocycles. The molecule has 0 aliphatic rings. The Morgan fingerprint density at radius 1 is 0.833 bits per heavy atom. The summed E-state index contributed by atoms with van der Waals surface area (Å²) >= 11 is 0. The molecule has 5 aromatic carbocycles. The van der Waals surface area contributed by atoms with Gasteiger partial charge in [-0.1, -0.05) is 79.7 Å². The van der Waals surface area contributed by atoms with Gasteiger partial charge in [-0.2, -0.15) is 5.26 Å². The molecule has 0 radical (unpaired) electrons. The molecule has 0 spiro atoms. The lowest BCUT2D eigenvalue weighted by Gasteiger charge is -2.07. The van der Waals surface area contributed by atoms with E-state index in [1.165, 1.54) is 0 Å². The molecule has 0 fully saturated rings. The highest BCUT2D eigenvalue weighted by molar-refractivity contribution is 6.10. The van der Waals surface area contributed by atoms with Gasteiger partial charge in [0.25, 0.3) is 0 Å². The molecule has 3 N–H and O–H groups in total. The van der Waals surface area contributed by atoms with Crippen LogP contribution in [0, 0.1) is 16.7 Å². The van der Waals surface area contributed by atoms with Crippen molar-refractivity contribution in [2.24, 2.45) is 10.7 Å². The minimum absolute atomic E-state index is 0.105. The molecule has 232 valence electrons. The fourth-order valence-corrected chi connectivity index (χ4v) is 6.04. The van der Waals surface area contributed by atoms with Crippen molar-refractivity contribution < 1.29 is 4.42 Å². The third kappa shape index (κ3) is 5.70. The van der Waals surface area contributed by atoms with Gasteiger partial charge in [-0.15, -0.1) is 0 Å². The predicted octanol–water partition coefficient (Wildman–Crippen LogP) is 10.2. The second-order valence-corrected chi connectivity index (χ2v) is 11.6. The van der Waals surface area contributed by atoms with Crippen molar-refractivity contribution in [2.75, 3.05) is 0 Å². The molecule has 0 bridgehead atoms. The maximum atomic E-state index is 9.28. The Balaban J connectivity index is 1.13. The quantitative estimate of drug-likeness (QED) is 0.105. The zero-order valence-corrected chi connectivity index (χ0v) is 26.7. The van der Waals surface area contributed by atoms with Crippen LogP contribution in [0.3, 0.4) is 0 Å². The van der Waals surface area contributed by atoms with Gasteiger partial charge in [0.1, 0.15) is 17.0 Å². The van der Waals surface area contributed by atoms with Gasteiger partial charge in [0, 0.05) is 39.2 Å². The Morgan fingerprint density at radius 3 is 2.25 bits per heavy atom. The molecule has 6 heteroatoms. The van der Waals surface area contributed by atoms with Crippen LogP contribution >= 0.6 is 0 Å². The van der Waals surface area contributed by atoms with Crippen LogP contribution in [0.15, 0.2) is 143 Å². The first-order valence-electron chi connectivity index (χ1n) is 15.9. The third-order valence-electron chi connectivity index (χ3n) is 8.63. The molecule has 48 heavy (non-hydrogen) atoms. The molecule has 0 saturated carbocycles. The minimum atomic E-state index is 0.105. The Hall–Kier alpha value is -6.45. The predicted molar refractivity (Wildman–Crippen MR) is 198 cm³/mol. The monoisotopic (exact) mass is 623 g/mol. The maximum absolute atomic E-state index is 9.28. The molecular formula is C42H33N5O. The number of amidine groups is 2. The van der Waals surface area contributed by atoms with Gasteiger partial charge >= 0.3 is 0 Å². The number of fused-ring (bicyclic) bond motifs is 4. The summed E-state index contributed by atoms with van der Waals surface area (Å²) in [5.41, 5.74) is 16.4. The number of benzene rings is 5. The normalized spacial score (nSPS) is 12.4. The van der Waals surface area contributed by atoms with Crippen LogP contribution in [0.25, 0.3) is 55.2 Å². The summed E-state index contributed by atoms with van der Waals surface area (Å²) in [5.74, 6) is 0.409. The molecule has 0 atom stereocenters. The number of hydrogen-bond donors (Lipinski definition) is 2. The summed E-state index contributed by atoms with van der Waals surface area (Å²) in [7, 11) is 0. The van der Waals surface area contributed by atoms with Crippen LogP contribution in [0.5, 0.6) is 0 Å².